The number of aryl methyl sites for hydroxylation is 1. The van der Waals surface area contributed by atoms with Gasteiger partial charge in [-0.05, 0) is 53.9 Å². The first-order valence-electron chi connectivity index (χ1n) is 12.2. The Morgan fingerprint density at radius 3 is 2.21 bits per heavy atom. The van der Waals surface area contributed by atoms with E-state index in [0.29, 0.717) is 33.9 Å². The largest absolute Gasteiger partial charge is 0.495 e. The topological polar surface area (TPSA) is 137 Å². The second kappa shape index (κ2) is 13.1. The van der Waals surface area contributed by atoms with Gasteiger partial charge in [0.25, 0.3) is 0 Å². The van der Waals surface area contributed by atoms with Gasteiger partial charge in [-0.3, -0.25) is 14.4 Å². The quantitative estimate of drug-likeness (QED) is 0.295. The Labute approximate surface area is 227 Å². The van der Waals surface area contributed by atoms with Crippen LogP contribution in [-0.2, 0) is 20.8 Å². The molecule has 0 aliphatic heterocycles. The number of carboxylic acid groups (broad SMARTS) is 1. The van der Waals surface area contributed by atoms with Crippen molar-refractivity contribution < 1.29 is 29.0 Å². The van der Waals surface area contributed by atoms with Crippen molar-refractivity contribution >= 4 is 40.9 Å². The first-order chi connectivity index (χ1) is 18.6. The fraction of sp³-hybridized carbons (Fsp3) is 0.241. The number of urea groups is 1. The Bertz CT molecular complexity index is 1360. The molecule has 3 aromatic carbocycles. The van der Waals surface area contributed by atoms with Crippen LogP contribution < -0.4 is 20.7 Å². The normalized spacial score (nSPS) is 11.2. The molecule has 4 N–H and O–H groups in total. The zero-order chi connectivity index (χ0) is 28.5. The summed E-state index contributed by atoms with van der Waals surface area (Å²) in [5.74, 6) is -1.13. The first kappa shape index (κ1) is 28.7. The lowest BCUT2D eigenvalue weighted by Crippen LogP contribution is -2.30. The third-order valence-electron chi connectivity index (χ3n) is 6.18. The summed E-state index contributed by atoms with van der Waals surface area (Å²) in [4.78, 5) is 49.6. The molecule has 0 aliphatic rings. The summed E-state index contributed by atoms with van der Waals surface area (Å²) in [7, 11) is 3.03. The van der Waals surface area contributed by atoms with Crippen LogP contribution in [0.15, 0.2) is 66.7 Å². The van der Waals surface area contributed by atoms with Gasteiger partial charge in [0.1, 0.15) is 5.75 Å². The van der Waals surface area contributed by atoms with Gasteiger partial charge >= 0.3 is 12.0 Å². The van der Waals surface area contributed by atoms with Gasteiger partial charge < -0.3 is 30.7 Å². The minimum Gasteiger partial charge on any atom is -0.495 e. The minimum atomic E-state index is -1.02. The Balaban J connectivity index is 1.63. The molecule has 0 radical (unpaired) electrons. The maximum absolute atomic E-state index is 12.7. The molecule has 0 spiro atoms. The Hall–Kier alpha value is -4.86. The van der Waals surface area contributed by atoms with E-state index in [1.54, 1.807) is 55.6 Å². The molecule has 0 aromatic heterocycles. The highest BCUT2D eigenvalue weighted by Gasteiger charge is 2.22. The summed E-state index contributed by atoms with van der Waals surface area (Å²) in [6.45, 7) is 3.27. The summed E-state index contributed by atoms with van der Waals surface area (Å²) in [6.07, 6.45) is -0.176. The number of carboxylic acids is 1. The minimum absolute atomic E-state index is 0.0580. The highest BCUT2D eigenvalue weighted by Crippen LogP contribution is 2.27. The number of ether oxygens (including phenoxy) is 1. The van der Waals surface area contributed by atoms with Crippen LogP contribution in [-0.4, -0.2) is 48.0 Å². The Morgan fingerprint density at radius 2 is 1.59 bits per heavy atom. The van der Waals surface area contributed by atoms with Crippen LogP contribution >= 0.6 is 0 Å². The Kier molecular flexibility index (Phi) is 9.63. The summed E-state index contributed by atoms with van der Waals surface area (Å²) < 4.78 is 5.42. The van der Waals surface area contributed by atoms with Crippen molar-refractivity contribution in [2.24, 2.45) is 0 Å². The molecule has 0 heterocycles. The van der Waals surface area contributed by atoms with Gasteiger partial charge in [-0.25, -0.2) is 4.79 Å². The molecule has 1 atom stereocenters. The smallest absolute Gasteiger partial charge is 0.323 e. The number of nitrogens with one attached hydrogen (secondary N) is 3. The van der Waals surface area contributed by atoms with Crippen LogP contribution in [0.2, 0.25) is 0 Å². The molecule has 0 aliphatic carbocycles. The highest BCUT2D eigenvalue weighted by molar-refractivity contribution is 6.01. The molecule has 204 valence electrons. The summed E-state index contributed by atoms with van der Waals surface area (Å²) in [6, 6.07) is 18.2. The van der Waals surface area contributed by atoms with E-state index in [1.807, 2.05) is 25.1 Å². The number of anilines is 3. The van der Waals surface area contributed by atoms with Crippen molar-refractivity contribution in [3.63, 3.8) is 0 Å². The number of carbonyl (C=O) groups is 4. The molecule has 4 amide bonds. The van der Waals surface area contributed by atoms with Crippen LogP contribution in [0.25, 0.3) is 0 Å². The average Bonchev–Trinajstić information content (AvgIpc) is 2.89. The highest BCUT2D eigenvalue weighted by atomic mass is 16.5. The van der Waals surface area contributed by atoms with Crippen LogP contribution in [0.3, 0.4) is 0 Å². The predicted octanol–water partition coefficient (Wildman–Crippen LogP) is 4.82. The molecule has 10 nitrogen and oxygen atoms in total. The standard InChI is InChI=1S/C29H32N4O6/c1-18-7-5-6-8-23(18)31-29(38)32-24-14-9-20(15-26(24)39-4)16-27(35)30-22-12-10-21(11-13-22)25(17-28(36)37)33(3)19(2)34/h5-15,25H,16-17H2,1-4H3,(H,30,35)(H,36,37)(H2,31,32,38)/t25-/m1/s1. The second-order valence-electron chi connectivity index (χ2n) is 9.02. The van der Waals surface area contributed by atoms with E-state index in [4.69, 9.17) is 4.74 Å². The summed E-state index contributed by atoms with van der Waals surface area (Å²) in [5.41, 5.74) is 3.93. The molecule has 3 rings (SSSR count). The Morgan fingerprint density at radius 1 is 0.923 bits per heavy atom. The van der Waals surface area contributed by atoms with Gasteiger partial charge in [-0.15, -0.1) is 0 Å². The maximum Gasteiger partial charge on any atom is 0.323 e. The number of rotatable bonds is 10. The lowest BCUT2D eigenvalue weighted by molar-refractivity contribution is -0.140. The van der Waals surface area contributed by atoms with Crippen LogP contribution in [0.1, 0.15) is 36.1 Å². The third kappa shape index (κ3) is 8.06. The first-order valence-corrected chi connectivity index (χ1v) is 12.2. The molecular formula is C29H32N4O6. The third-order valence-corrected chi connectivity index (χ3v) is 6.18. The predicted molar refractivity (Wildman–Crippen MR) is 149 cm³/mol. The van der Waals surface area contributed by atoms with E-state index >= 15 is 0 Å². The van der Waals surface area contributed by atoms with Gasteiger partial charge in [0.05, 0.1) is 31.7 Å². The number of nitrogens with zero attached hydrogens (tertiary/aromatic N) is 1. The number of hydrogen-bond acceptors (Lipinski definition) is 5. The van der Waals surface area contributed by atoms with Gasteiger partial charge in [0.2, 0.25) is 11.8 Å². The van der Waals surface area contributed by atoms with Crippen molar-refractivity contribution in [1.29, 1.82) is 0 Å². The zero-order valence-corrected chi connectivity index (χ0v) is 22.3. The van der Waals surface area contributed by atoms with Crippen LogP contribution in [0, 0.1) is 6.92 Å². The van der Waals surface area contributed by atoms with Gasteiger partial charge in [-0.1, -0.05) is 36.4 Å². The molecule has 0 saturated carbocycles. The summed E-state index contributed by atoms with van der Waals surface area (Å²) in [5, 5.41) is 17.6. The SMILES string of the molecule is COc1cc(CC(=O)Nc2ccc([C@@H](CC(=O)O)N(C)C(C)=O)cc2)ccc1NC(=O)Nc1ccccc1C. The fourth-order valence-electron chi connectivity index (χ4n) is 3.98. The van der Waals surface area contributed by atoms with Crippen LogP contribution in [0.5, 0.6) is 5.75 Å². The van der Waals surface area contributed by atoms with Crippen molar-refractivity contribution in [3.05, 3.63) is 83.4 Å². The van der Waals surface area contributed by atoms with Crippen molar-refractivity contribution in [2.75, 3.05) is 30.1 Å². The summed E-state index contributed by atoms with van der Waals surface area (Å²) >= 11 is 0. The lowest BCUT2D eigenvalue weighted by Gasteiger charge is -2.26. The van der Waals surface area contributed by atoms with Crippen molar-refractivity contribution in [3.8, 4) is 5.75 Å². The second-order valence-corrected chi connectivity index (χ2v) is 9.02. The number of carbonyl (C=O) groups excluding carboxylic acids is 3. The molecule has 39 heavy (non-hydrogen) atoms. The molecular weight excluding hydrogens is 500 g/mol. The van der Waals surface area contributed by atoms with Gasteiger partial charge in [-0.2, -0.15) is 0 Å². The monoisotopic (exact) mass is 532 g/mol. The molecule has 0 bridgehead atoms. The molecule has 0 unspecified atom stereocenters. The number of benzene rings is 3. The van der Waals surface area contributed by atoms with E-state index in [-0.39, 0.29) is 24.7 Å². The van der Waals surface area contributed by atoms with Crippen molar-refractivity contribution in [1.82, 2.24) is 4.90 Å². The lowest BCUT2D eigenvalue weighted by atomic mass is 10.0. The zero-order valence-electron chi connectivity index (χ0n) is 22.3. The van der Waals surface area contributed by atoms with Crippen molar-refractivity contribution in [2.45, 2.75) is 32.7 Å². The van der Waals surface area contributed by atoms with Gasteiger partial charge in [0.15, 0.2) is 0 Å². The number of aliphatic carboxylic acids is 1. The van der Waals surface area contributed by atoms with E-state index in [1.165, 1.54) is 18.9 Å². The van der Waals surface area contributed by atoms with Crippen LogP contribution in [0.4, 0.5) is 21.9 Å². The number of para-hydroxylation sites is 1. The fourth-order valence-corrected chi connectivity index (χ4v) is 3.98. The number of hydrogen-bond donors (Lipinski definition) is 4. The van der Waals surface area contributed by atoms with E-state index in [2.05, 4.69) is 16.0 Å². The number of amides is 4. The number of methoxy groups -OCH3 is 1. The van der Waals surface area contributed by atoms with E-state index in [0.717, 1.165) is 5.56 Å². The molecule has 3 aromatic rings. The molecule has 0 fully saturated rings. The maximum atomic E-state index is 12.7. The molecule has 0 saturated heterocycles. The van der Waals surface area contributed by atoms with E-state index in [9.17, 15) is 24.3 Å². The molecule has 10 heteroatoms. The van der Waals surface area contributed by atoms with E-state index < -0.39 is 18.0 Å². The average molecular weight is 533 g/mol. The van der Waals surface area contributed by atoms with Gasteiger partial charge in [0, 0.05) is 25.3 Å².